The predicted molar refractivity (Wildman–Crippen MR) is 87.5 cm³/mol. The van der Waals surface area contributed by atoms with E-state index in [9.17, 15) is 13.6 Å². The molecule has 0 saturated heterocycles. The van der Waals surface area contributed by atoms with E-state index in [1.165, 1.54) is 11.3 Å². The summed E-state index contributed by atoms with van der Waals surface area (Å²) in [6.45, 7) is 0.448. The standard InChI is InChI=1S/C17H13F2N3O2S/c18-10-3-5-13(19)12(7-10)17-21-15(22-24-17)14-6-4-11(25-14)8-20-16(23)9-1-2-9/h3-7,9H,1-2,8H2,(H,20,23). The van der Waals surface area contributed by atoms with Crippen LogP contribution in [0, 0.1) is 17.6 Å². The molecule has 1 amide bonds. The number of carbonyl (C=O) groups excluding carboxylic acids is 1. The normalized spacial score (nSPS) is 13.8. The molecule has 0 bridgehead atoms. The number of thiophene rings is 1. The monoisotopic (exact) mass is 361 g/mol. The van der Waals surface area contributed by atoms with Crippen LogP contribution in [0.1, 0.15) is 17.7 Å². The molecular formula is C17H13F2N3O2S. The van der Waals surface area contributed by atoms with E-state index in [2.05, 4.69) is 15.5 Å². The zero-order valence-corrected chi connectivity index (χ0v) is 13.8. The van der Waals surface area contributed by atoms with Crippen LogP contribution in [0.4, 0.5) is 8.78 Å². The summed E-state index contributed by atoms with van der Waals surface area (Å²) in [6, 6.07) is 6.73. The molecule has 5 nitrogen and oxygen atoms in total. The van der Waals surface area contributed by atoms with Gasteiger partial charge in [0.1, 0.15) is 11.6 Å². The van der Waals surface area contributed by atoms with Crippen molar-refractivity contribution in [1.82, 2.24) is 15.5 Å². The maximum Gasteiger partial charge on any atom is 0.261 e. The molecular weight excluding hydrogens is 348 g/mol. The molecule has 4 rings (SSSR count). The molecule has 128 valence electrons. The zero-order valence-electron chi connectivity index (χ0n) is 13.0. The number of amides is 1. The molecule has 1 N–H and O–H groups in total. The maximum absolute atomic E-state index is 13.8. The van der Waals surface area contributed by atoms with E-state index >= 15 is 0 Å². The summed E-state index contributed by atoms with van der Waals surface area (Å²) in [5.74, 6) is -0.752. The summed E-state index contributed by atoms with van der Waals surface area (Å²) in [4.78, 5) is 17.5. The molecule has 25 heavy (non-hydrogen) atoms. The topological polar surface area (TPSA) is 68.0 Å². The van der Waals surface area contributed by atoms with E-state index in [1.54, 1.807) is 6.07 Å². The van der Waals surface area contributed by atoms with Crippen LogP contribution >= 0.6 is 11.3 Å². The number of rotatable bonds is 5. The first-order valence-corrected chi connectivity index (χ1v) is 8.58. The fraction of sp³-hybridized carbons (Fsp3) is 0.235. The molecule has 1 saturated carbocycles. The Labute approximate surface area is 145 Å². The minimum Gasteiger partial charge on any atom is -0.351 e. The van der Waals surface area contributed by atoms with Gasteiger partial charge in [-0.1, -0.05) is 5.16 Å². The fourth-order valence-electron chi connectivity index (χ4n) is 2.35. The van der Waals surface area contributed by atoms with Gasteiger partial charge in [-0.2, -0.15) is 4.98 Å². The SMILES string of the molecule is O=C(NCc1ccc(-c2noc(-c3cc(F)ccc3F)n2)s1)C1CC1. The van der Waals surface area contributed by atoms with Crippen molar-refractivity contribution in [2.75, 3.05) is 0 Å². The van der Waals surface area contributed by atoms with Gasteiger partial charge in [0.25, 0.3) is 5.89 Å². The van der Waals surface area contributed by atoms with Crippen molar-refractivity contribution < 1.29 is 18.1 Å². The molecule has 1 fully saturated rings. The Balaban J connectivity index is 1.50. The van der Waals surface area contributed by atoms with Crippen LogP contribution in [0.25, 0.3) is 22.2 Å². The smallest absolute Gasteiger partial charge is 0.261 e. The summed E-state index contributed by atoms with van der Waals surface area (Å²) in [7, 11) is 0. The maximum atomic E-state index is 13.8. The van der Waals surface area contributed by atoms with Crippen LogP contribution in [-0.4, -0.2) is 16.0 Å². The predicted octanol–water partition coefficient (Wildman–Crippen LogP) is 3.77. The second-order valence-corrected chi connectivity index (χ2v) is 6.97. The average molecular weight is 361 g/mol. The highest BCUT2D eigenvalue weighted by atomic mass is 32.1. The molecule has 0 aliphatic heterocycles. The molecule has 2 heterocycles. The molecule has 1 aromatic carbocycles. The van der Waals surface area contributed by atoms with Gasteiger partial charge in [-0.25, -0.2) is 8.78 Å². The van der Waals surface area contributed by atoms with Gasteiger partial charge in [0, 0.05) is 10.8 Å². The van der Waals surface area contributed by atoms with Crippen molar-refractivity contribution in [3.63, 3.8) is 0 Å². The van der Waals surface area contributed by atoms with Gasteiger partial charge in [-0.3, -0.25) is 4.79 Å². The van der Waals surface area contributed by atoms with Crippen molar-refractivity contribution in [3.8, 4) is 22.2 Å². The Kier molecular flexibility index (Phi) is 4.04. The number of benzene rings is 1. The van der Waals surface area contributed by atoms with Gasteiger partial charge in [0.05, 0.1) is 17.0 Å². The molecule has 8 heteroatoms. The largest absolute Gasteiger partial charge is 0.351 e. The summed E-state index contributed by atoms with van der Waals surface area (Å²) >= 11 is 1.41. The Morgan fingerprint density at radius 1 is 1.28 bits per heavy atom. The number of nitrogens with one attached hydrogen (secondary N) is 1. The number of carbonyl (C=O) groups is 1. The molecule has 1 aliphatic carbocycles. The van der Waals surface area contributed by atoms with Gasteiger partial charge in [-0.15, -0.1) is 11.3 Å². The Morgan fingerprint density at radius 2 is 2.12 bits per heavy atom. The molecule has 0 spiro atoms. The van der Waals surface area contributed by atoms with Gasteiger partial charge in [0.2, 0.25) is 11.7 Å². The zero-order chi connectivity index (χ0) is 17.4. The lowest BCUT2D eigenvalue weighted by Gasteiger charge is -2.00. The van der Waals surface area contributed by atoms with Crippen molar-refractivity contribution in [2.24, 2.45) is 5.92 Å². The van der Waals surface area contributed by atoms with E-state index in [0.717, 1.165) is 40.8 Å². The Bertz CT molecular complexity index is 934. The van der Waals surface area contributed by atoms with Crippen molar-refractivity contribution in [2.45, 2.75) is 19.4 Å². The quantitative estimate of drug-likeness (QED) is 0.751. The first kappa shape index (κ1) is 15.9. The molecule has 0 atom stereocenters. The number of aromatic nitrogens is 2. The van der Waals surface area contributed by atoms with Crippen LogP contribution in [0.3, 0.4) is 0 Å². The van der Waals surface area contributed by atoms with Gasteiger partial charge >= 0.3 is 0 Å². The molecule has 2 aromatic heterocycles. The Morgan fingerprint density at radius 3 is 2.92 bits per heavy atom. The number of hydrogen-bond donors (Lipinski definition) is 1. The summed E-state index contributed by atoms with van der Waals surface area (Å²) < 4.78 is 32.1. The highest BCUT2D eigenvalue weighted by molar-refractivity contribution is 7.15. The van der Waals surface area contributed by atoms with E-state index in [-0.39, 0.29) is 23.3 Å². The third kappa shape index (κ3) is 3.43. The highest BCUT2D eigenvalue weighted by Crippen LogP contribution is 2.31. The van der Waals surface area contributed by atoms with Crippen LogP contribution in [-0.2, 0) is 11.3 Å². The van der Waals surface area contributed by atoms with E-state index in [1.807, 2.05) is 6.07 Å². The van der Waals surface area contributed by atoms with Crippen molar-refractivity contribution in [3.05, 3.63) is 46.8 Å². The van der Waals surface area contributed by atoms with E-state index in [0.29, 0.717) is 12.4 Å². The first-order valence-electron chi connectivity index (χ1n) is 7.76. The molecule has 3 aromatic rings. The minimum absolute atomic E-state index is 0.0766. The van der Waals surface area contributed by atoms with E-state index < -0.39 is 11.6 Å². The van der Waals surface area contributed by atoms with Crippen LogP contribution < -0.4 is 5.32 Å². The second kappa shape index (κ2) is 6.36. The first-order chi connectivity index (χ1) is 12.1. The lowest BCUT2D eigenvalue weighted by molar-refractivity contribution is -0.122. The van der Waals surface area contributed by atoms with Crippen molar-refractivity contribution >= 4 is 17.2 Å². The number of nitrogens with zero attached hydrogens (tertiary/aromatic N) is 2. The van der Waals surface area contributed by atoms with Crippen LogP contribution in [0.15, 0.2) is 34.9 Å². The molecule has 0 radical (unpaired) electrons. The summed E-state index contributed by atoms with van der Waals surface area (Å²) in [5.41, 5.74) is -0.0766. The second-order valence-electron chi connectivity index (χ2n) is 5.81. The highest BCUT2D eigenvalue weighted by Gasteiger charge is 2.29. The lowest BCUT2D eigenvalue weighted by Crippen LogP contribution is -2.23. The van der Waals surface area contributed by atoms with Crippen molar-refractivity contribution in [1.29, 1.82) is 0 Å². The fourth-order valence-corrected chi connectivity index (χ4v) is 3.22. The third-order valence-corrected chi connectivity index (χ3v) is 4.93. The number of halogens is 2. The summed E-state index contributed by atoms with van der Waals surface area (Å²) in [6.07, 6.45) is 1.92. The van der Waals surface area contributed by atoms with Crippen LogP contribution in [0.5, 0.6) is 0 Å². The van der Waals surface area contributed by atoms with E-state index in [4.69, 9.17) is 4.52 Å². The number of hydrogen-bond acceptors (Lipinski definition) is 5. The summed E-state index contributed by atoms with van der Waals surface area (Å²) in [5, 5.41) is 6.71. The minimum atomic E-state index is -0.633. The molecule has 1 aliphatic rings. The molecule has 0 unspecified atom stereocenters. The van der Waals surface area contributed by atoms with Gasteiger partial charge in [0.15, 0.2) is 0 Å². The third-order valence-electron chi connectivity index (χ3n) is 3.85. The Hall–Kier alpha value is -2.61. The van der Waals surface area contributed by atoms with Gasteiger partial charge < -0.3 is 9.84 Å². The van der Waals surface area contributed by atoms with Crippen LogP contribution in [0.2, 0.25) is 0 Å². The van der Waals surface area contributed by atoms with Gasteiger partial charge in [-0.05, 0) is 43.2 Å². The average Bonchev–Trinajstić information content (AvgIpc) is 3.16. The lowest BCUT2D eigenvalue weighted by atomic mass is 10.2.